The largest absolute Gasteiger partial charge is 0.497 e. The molecule has 0 spiro atoms. The molecule has 6 heteroatoms. The summed E-state index contributed by atoms with van der Waals surface area (Å²) in [6.07, 6.45) is 5.06. The summed E-state index contributed by atoms with van der Waals surface area (Å²) in [5.41, 5.74) is 0.558. The fraction of sp³-hybridized carbons (Fsp3) is 0.389. The number of methoxy groups -OCH3 is 1. The van der Waals surface area contributed by atoms with E-state index in [9.17, 15) is 9.59 Å². The van der Waals surface area contributed by atoms with E-state index in [0.717, 1.165) is 37.0 Å². The number of carbonyl (C=O) groups excluding carboxylic acids is 1. The number of H-pyrrole nitrogens is 1. The lowest BCUT2D eigenvalue weighted by atomic mass is 9.76. The molecule has 1 fully saturated rings. The molecular weight excluding hydrogens is 306 g/mol. The number of nitrogens with one attached hydrogen (secondary N) is 2. The van der Waals surface area contributed by atoms with E-state index >= 15 is 0 Å². The van der Waals surface area contributed by atoms with Crippen molar-refractivity contribution < 1.29 is 9.53 Å². The van der Waals surface area contributed by atoms with Crippen LogP contribution in [-0.4, -0.2) is 23.2 Å². The molecule has 3 rings (SSSR count). The predicted octanol–water partition coefficient (Wildman–Crippen LogP) is 2.37. The zero-order valence-corrected chi connectivity index (χ0v) is 13.7. The van der Waals surface area contributed by atoms with Gasteiger partial charge < -0.3 is 10.1 Å². The summed E-state index contributed by atoms with van der Waals surface area (Å²) in [7, 11) is 1.63. The van der Waals surface area contributed by atoms with Crippen molar-refractivity contribution in [1.29, 1.82) is 0 Å². The Morgan fingerprint density at radius 2 is 1.83 bits per heavy atom. The normalized spacial score (nSPS) is 16.4. The summed E-state index contributed by atoms with van der Waals surface area (Å²) in [4.78, 5) is 23.7. The number of hydrogen-bond donors (Lipinski definition) is 2. The van der Waals surface area contributed by atoms with Crippen molar-refractivity contribution in [2.24, 2.45) is 0 Å². The first kappa shape index (κ1) is 16.2. The minimum absolute atomic E-state index is 0.216. The zero-order valence-electron chi connectivity index (χ0n) is 13.7. The zero-order chi connectivity index (χ0) is 17.0. The van der Waals surface area contributed by atoms with E-state index in [1.807, 2.05) is 24.3 Å². The third kappa shape index (κ3) is 3.32. The Balaban J connectivity index is 1.89. The fourth-order valence-corrected chi connectivity index (χ4v) is 3.30. The van der Waals surface area contributed by atoms with Crippen LogP contribution in [-0.2, 0) is 5.54 Å². The molecule has 6 nitrogen and oxygen atoms in total. The number of carbonyl (C=O) groups is 1. The van der Waals surface area contributed by atoms with Crippen LogP contribution in [0, 0.1) is 0 Å². The van der Waals surface area contributed by atoms with Gasteiger partial charge in [0.15, 0.2) is 0 Å². The maximum absolute atomic E-state index is 12.6. The molecule has 1 aromatic heterocycles. The molecule has 1 amide bonds. The van der Waals surface area contributed by atoms with Gasteiger partial charge in [0.2, 0.25) is 0 Å². The lowest BCUT2D eigenvalue weighted by molar-refractivity contribution is 0.0860. The first-order valence-electron chi connectivity index (χ1n) is 8.16. The van der Waals surface area contributed by atoms with E-state index in [1.54, 1.807) is 7.11 Å². The van der Waals surface area contributed by atoms with Crippen molar-refractivity contribution >= 4 is 5.91 Å². The van der Waals surface area contributed by atoms with E-state index in [2.05, 4.69) is 15.5 Å². The monoisotopic (exact) mass is 327 g/mol. The van der Waals surface area contributed by atoms with Crippen LogP contribution in [0.2, 0.25) is 0 Å². The minimum atomic E-state index is -0.403. The lowest BCUT2D eigenvalue weighted by Gasteiger charge is -2.38. The smallest absolute Gasteiger partial charge is 0.272 e. The summed E-state index contributed by atoms with van der Waals surface area (Å²) in [5.74, 6) is 0.516. The molecule has 0 bridgehead atoms. The Labute approximate surface area is 140 Å². The average Bonchev–Trinajstić information content (AvgIpc) is 2.63. The second kappa shape index (κ2) is 6.86. The molecule has 0 radical (unpaired) electrons. The quantitative estimate of drug-likeness (QED) is 0.903. The molecule has 2 N–H and O–H groups in total. The fourth-order valence-electron chi connectivity index (χ4n) is 3.30. The average molecular weight is 327 g/mol. The Kier molecular flexibility index (Phi) is 4.64. The number of ether oxygens (including phenoxy) is 1. The maximum Gasteiger partial charge on any atom is 0.272 e. The van der Waals surface area contributed by atoms with Gasteiger partial charge in [-0.25, -0.2) is 5.10 Å². The SMILES string of the molecule is COc1ccc(C2(NC(=O)c3ccc(=O)[nH]n3)CCCCC2)cc1. The summed E-state index contributed by atoms with van der Waals surface area (Å²) >= 11 is 0. The third-order valence-corrected chi connectivity index (χ3v) is 4.61. The van der Waals surface area contributed by atoms with Crippen molar-refractivity contribution in [3.8, 4) is 5.75 Å². The first-order chi connectivity index (χ1) is 11.6. The van der Waals surface area contributed by atoms with Gasteiger partial charge in [0.25, 0.3) is 11.5 Å². The van der Waals surface area contributed by atoms with Gasteiger partial charge in [-0.2, -0.15) is 5.10 Å². The molecule has 1 aliphatic carbocycles. The Morgan fingerprint density at radius 3 is 2.42 bits per heavy atom. The molecule has 0 unspecified atom stereocenters. The minimum Gasteiger partial charge on any atom is -0.497 e. The van der Waals surface area contributed by atoms with E-state index in [4.69, 9.17) is 4.74 Å². The Bertz CT molecular complexity index is 741. The number of benzene rings is 1. The van der Waals surface area contributed by atoms with Crippen LogP contribution in [0.1, 0.15) is 48.2 Å². The van der Waals surface area contributed by atoms with Crippen molar-refractivity contribution in [2.45, 2.75) is 37.6 Å². The van der Waals surface area contributed by atoms with E-state index in [-0.39, 0.29) is 17.2 Å². The highest BCUT2D eigenvalue weighted by Crippen LogP contribution is 2.37. The van der Waals surface area contributed by atoms with E-state index in [0.29, 0.717) is 0 Å². The van der Waals surface area contributed by atoms with Crippen molar-refractivity contribution in [3.63, 3.8) is 0 Å². The summed E-state index contributed by atoms with van der Waals surface area (Å²) in [6.45, 7) is 0. The number of rotatable bonds is 4. The first-order valence-corrected chi connectivity index (χ1v) is 8.16. The molecular formula is C18H21N3O3. The molecule has 1 aromatic carbocycles. The number of hydrogen-bond acceptors (Lipinski definition) is 4. The molecule has 1 aliphatic rings. The van der Waals surface area contributed by atoms with Crippen LogP contribution in [0.5, 0.6) is 5.75 Å². The lowest BCUT2D eigenvalue weighted by Crippen LogP contribution is -2.47. The molecule has 0 aliphatic heterocycles. The molecule has 1 saturated carbocycles. The number of aromatic nitrogens is 2. The molecule has 1 heterocycles. The van der Waals surface area contributed by atoms with Gasteiger partial charge in [-0.05, 0) is 36.6 Å². The van der Waals surface area contributed by atoms with Crippen LogP contribution in [0.4, 0.5) is 0 Å². The van der Waals surface area contributed by atoms with Gasteiger partial charge in [0, 0.05) is 6.07 Å². The molecule has 0 atom stereocenters. The highest BCUT2D eigenvalue weighted by atomic mass is 16.5. The topological polar surface area (TPSA) is 84.1 Å². The Hall–Kier alpha value is -2.63. The summed E-state index contributed by atoms with van der Waals surface area (Å²) in [5, 5.41) is 9.29. The Morgan fingerprint density at radius 1 is 1.12 bits per heavy atom. The van der Waals surface area contributed by atoms with Crippen molar-refractivity contribution in [3.05, 3.63) is 58.0 Å². The van der Waals surface area contributed by atoms with Crippen LogP contribution < -0.4 is 15.6 Å². The van der Waals surface area contributed by atoms with Crippen LogP contribution in [0.3, 0.4) is 0 Å². The second-order valence-electron chi connectivity index (χ2n) is 6.13. The number of nitrogens with zero attached hydrogens (tertiary/aromatic N) is 1. The maximum atomic E-state index is 12.6. The molecule has 0 saturated heterocycles. The van der Waals surface area contributed by atoms with Crippen LogP contribution >= 0.6 is 0 Å². The van der Waals surface area contributed by atoms with Gasteiger partial charge in [0.05, 0.1) is 12.6 Å². The molecule has 126 valence electrons. The van der Waals surface area contributed by atoms with Crippen molar-refractivity contribution in [1.82, 2.24) is 15.5 Å². The van der Waals surface area contributed by atoms with Gasteiger partial charge in [0.1, 0.15) is 11.4 Å². The predicted molar refractivity (Wildman–Crippen MR) is 90.1 cm³/mol. The number of amides is 1. The highest BCUT2D eigenvalue weighted by molar-refractivity contribution is 5.92. The summed E-state index contributed by atoms with van der Waals surface area (Å²) in [6, 6.07) is 10.6. The van der Waals surface area contributed by atoms with Gasteiger partial charge in [-0.15, -0.1) is 0 Å². The van der Waals surface area contributed by atoms with E-state index in [1.165, 1.54) is 18.6 Å². The van der Waals surface area contributed by atoms with Crippen molar-refractivity contribution in [2.75, 3.05) is 7.11 Å². The third-order valence-electron chi connectivity index (χ3n) is 4.61. The van der Waals surface area contributed by atoms with E-state index < -0.39 is 5.54 Å². The number of aromatic amines is 1. The van der Waals surface area contributed by atoms with Gasteiger partial charge >= 0.3 is 0 Å². The standard InChI is InChI=1S/C18H21N3O3/c1-24-14-7-5-13(6-8-14)18(11-3-2-4-12-18)19-17(23)15-9-10-16(22)21-20-15/h5-10H,2-4,11-12H2,1H3,(H,19,23)(H,21,22). The molecule has 2 aromatic rings. The van der Waals surface area contributed by atoms with Gasteiger partial charge in [-0.3, -0.25) is 9.59 Å². The van der Waals surface area contributed by atoms with Crippen LogP contribution in [0.25, 0.3) is 0 Å². The van der Waals surface area contributed by atoms with Gasteiger partial charge in [-0.1, -0.05) is 31.4 Å². The van der Waals surface area contributed by atoms with Crippen LogP contribution in [0.15, 0.2) is 41.2 Å². The highest BCUT2D eigenvalue weighted by Gasteiger charge is 2.35. The second-order valence-corrected chi connectivity index (χ2v) is 6.13. The summed E-state index contributed by atoms with van der Waals surface area (Å²) < 4.78 is 5.22. The molecule has 24 heavy (non-hydrogen) atoms.